The summed E-state index contributed by atoms with van der Waals surface area (Å²) in [4.78, 5) is 62.5. The first-order valence-electron chi connectivity index (χ1n) is 20.0. The fraction of sp³-hybridized carbons (Fsp3) is 0.634. The van der Waals surface area contributed by atoms with Crippen LogP contribution in [0.1, 0.15) is 91.4 Å². The van der Waals surface area contributed by atoms with Crippen molar-refractivity contribution in [1.82, 2.24) is 14.6 Å². The molecule has 6 aliphatic rings. The van der Waals surface area contributed by atoms with Gasteiger partial charge in [0.05, 0.1) is 42.2 Å². The standard InChI is InChI=1S/C41H49F2N3O10S/c1-23-6-4-5-7-25-19-40(25,38(50)45-57(51,52)27-8-9-27)20-32(47)31-17-26(54-36-29-10-11-33-35(28(29)12-15-44-36)56-41(42,43)55-33)21-46(31)37(49)30(24(2)16-23)18-34(48)53-22-39(3)13-14-39/h5,7,10-12,15,23-27,30-31H,4,6,8-9,13-14,16-22H2,1-3H3,(H,45,50)/b7-5-/t23-,24-,25-,26-,30+,31+,40-/m1/s1. The normalized spacial score (nSPS) is 32.3. The Morgan fingerprint density at radius 3 is 2.56 bits per heavy atom. The second-order valence-electron chi connectivity index (χ2n) is 17.6. The van der Waals surface area contributed by atoms with Crippen molar-refractivity contribution in [2.24, 2.45) is 34.5 Å². The number of nitrogens with zero attached hydrogens (tertiary/aromatic N) is 2. The topological polar surface area (TPSA) is 168 Å². The van der Waals surface area contributed by atoms with Gasteiger partial charge in [-0.05, 0) is 87.3 Å². The quantitative estimate of drug-likeness (QED) is 0.239. The van der Waals surface area contributed by atoms with Gasteiger partial charge in [-0.2, -0.15) is 0 Å². The highest BCUT2D eigenvalue weighted by Crippen LogP contribution is 2.57. The van der Waals surface area contributed by atoms with E-state index in [4.69, 9.17) is 14.2 Å². The van der Waals surface area contributed by atoms with Crippen molar-refractivity contribution in [3.8, 4) is 17.4 Å². The minimum atomic E-state index is -3.90. The minimum Gasteiger partial charge on any atom is -0.472 e. The van der Waals surface area contributed by atoms with E-state index >= 15 is 0 Å². The number of carbonyl (C=O) groups is 4. The molecule has 3 aliphatic heterocycles. The van der Waals surface area contributed by atoms with E-state index in [-0.39, 0.29) is 84.8 Å². The molecule has 0 radical (unpaired) electrons. The van der Waals surface area contributed by atoms with Gasteiger partial charge in [0.25, 0.3) is 0 Å². The van der Waals surface area contributed by atoms with Crippen LogP contribution >= 0.6 is 0 Å². The van der Waals surface area contributed by atoms with Gasteiger partial charge in [-0.25, -0.2) is 13.4 Å². The molecule has 3 aliphatic carbocycles. The van der Waals surface area contributed by atoms with Gasteiger partial charge < -0.3 is 23.8 Å². The first-order valence-corrected chi connectivity index (χ1v) is 21.6. The van der Waals surface area contributed by atoms with Crippen LogP contribution in [0.15, 0.2) is 36.5 Å². The number of hydrogen-bond donors (Lipinski definition) is 1. The molecule has 4 heterocycles. The maximum atomic E-state index is 14.9. The number of pyridine rings is 1. The Kier molecular flexibility index (Phi) is 10.0. The zero-order valence-electron chi connectivity index (χ0n) is 32.3. The van der Waals surface area contributed by atoms with Crippen molar-refractivity contribution in [2.45, 2.75) is 115 Å². The lowest BCUT2D eigenvalue weighted by atomic mass is 9.82. The summed E-state index contributed by atoms with van der Waals surface area (Å²) >= 11 is 0. The molecular weight excluding hydrogens is 765 g/mol. The number of Topliss-reactive ketones (excluding diaryl/α,β-unsaturated/α-hetero) is 1. The molecule has 1 N–H and O–H groups in total. The lowest BCUT2D eigenvalue weighted by Crippen LogP contribution is -2.47. The summed E-state index contributed by atoms with van der Waals surface area (Å²) in [5.74, 6) is -3.62. The number of ether oxygens (including phenoxy) is 4. The van der Waals surface area contributed by atoms with Crippen LogP contribution in [0.3, 0.4) is 0 Å². The predicted molar refractivity (Wildman–Crippen MR) is 200 cm³/mol. The number of esters is 1. The number of amides is 2. The number of fused-ring (bicyclic) bond motifs is 5. The number of ketones is 1. The summed E-state index contributed by atoms with van der Waals surface area (Å²) in [6, 6.07) is 3.24. The van der Waals surface area contributed by atoms with E-state index < -0.39 is 68.6 Å². The number of sulfonamides is 1. The minimum absolute atomic E-state index is 0.00411. The highest BCUT2D eigenvalue weighted by atomic mass is 32.2. The summed E-state index contributed by atoms with van der Waals surface area (Å²) in [6.45, 7) is 6.27. The molecule has 0 bridgehead atoms. The van der Waals surface area contributed by atoms with E-state index in [1.807, 2.05) is 26.0 Å². The number of hydrogen-bond acceptors (Lipinski definition) is 11. The second kappa shape index (κ2) is 14.5. The Balaban J connectivity index is 1.11. The lowest BCUT2D eigenvalue weighted by molar-refractivity contribution is -0.286. The van der Waals surface area contributed by atoms with Gasteiger partial charge in [-0.3, -0.25) is 23.9 Å². The van der Waals surface area contributed by atoms with Crippen LogP contribution in [-0.2, 0) is 33.9 Å². The van der Waals surface area contributed by atoms with Crippen LogP contribution in [0.4, 0.5) is 8.78 Å². The van der Waals surface area contributed by atoms with Gasteiger partial charge in [0.15, 0.2) is 17.3 Å². The molecule has 0 spiro atoms. The Labute approximate surface area is 330 Å². The number of alkyl halides is 2. The molecule has 1 aromatic heterocycles. The number of allylic oxidation sites excluding steroid dienone is 2. The van der Waals surface area contributed by atoms with Crippen molar-refractivity contribution < 1.29 is 55.3 Å². The maximum absolute atomic E-state index is 14.9. The molecule has 8 rings (SSSR count). The van der Waals surface area contributed by atoms with Crippen molar-refractivity contribution in [2.75, 3.05) is 13.2 Å². The Morgan fingerprint density at radius 1 is 1.05 bits per heavy atom. The predicted octanol–water partition coefficient (Wildman–Crippen LogP) is 5.84. The third kappa shape index (κ3) is 8.20. The van der Waals surface area contributed by atoms with Gasteiger partial charge in [0.2, 0.25) is 27.7 Å². The van der Waals surface area contributed by atoms with E-state index in [1.165, 1.54) is 29.3 Å². The third-order valence-corrected chi connectivity index (χ3v) is 14.6. The Bertz CT molecular complexity index is 2120. The molecule has 3 saturated carbocycles. The average Bonchev–Trinajstić information content (AvgIpc) is 4.10. The van der Waals surface area contributed by atoms with Crippen LogP contribution in [0, 0.1) is 34.5 Å². The summed E-state index contributed by atoms with van der Waals surface area (Å²) in [7, 11) is -3.90. The highest BCUT2D eigenvalue weighted by Gasteiger charge is 2.62. The van der Waals surface area contributed by atoms with E-state index in [1.54, 1.807) is 0 Å². The van der Waals surface area contributed by atoms with Crippen molar-refractivity contribution in [1.29, 1.82) is 0 Å². The summed E-state index contributed by atoms with van der Waals surface area (Å²) in [5, 5.41) is -0.0338. The van der Waals surface area contributed by atoms with Crippen molar-refractivity contribution in [3.63, 3.8) is 0 Å². The van der Waals surface area contributed by atoms with E-state index in [9.17, 15) is 36.4 Å². The molecule has 2 amide bonds. The second-order valence-corrected chi connectivity index (χ2v) is 19.6. The van der Waals surface area contributed by atoms with Crippen molar-refractivity contribution in [3.05, 3.63) is 36.5 Å². The molecule has 308 valence electrons. The van der Waals surface area contributed by atoms with Gasteiger partial charge in [-0.15, -0.1) is 8.78 Å². The van der Waals surface area contributed by atoms with Gasteiger partial charge in [0.1, 0.15) is 6.10 Å². The average molecular weight is 814 g/mol. The van der Waals surface area contributed by atoms with E-state index in [0.29, 0.717) is 31.1 Å². The number of carbonyl (C=O) groups excluding carboxylic acids is 4. The van der Waals surface area contributed by atoms with Crippen LogP contribution in [0.2, 0.25) is 0 Å². The molecule has 0 unspecified atom stereocenters. The summed E-state index contributed by atoms with van der Waals surface area (Å²) in [6.07, 6.45) is 5.33. The largest absolute Gasteiger partial charge is 0.586 e. The van der Waals surface area contributed by atoms with Gasteiger partial charge in [0, 0.05) is 35.2 Å². The molecule has 1 aromatic carbocycles. The van der Waals surface area contributed by atoms with E-state index in [0.717, 1.165) is 19.3 Å². The first kappa shape index (κ1) is 39.5. The fourth-order valence-corrected chi connectivity index (χ4v) is 10.1. The molecule has 16 heteroatoms. The van der Waals surface area contributed by atoms with Gasteiger partial charge in [-0.1, -0.05) is 32.9 Å². The number of rotatable bonds is 9. The Morgan fingerprint density at radius 2 is 1.82 bits per heavy atom. The first-order chi connectivity index (χ1) is 27.0. The van der Waals surface area contributed by atoms with Crippen LogP contribution in [0.5, 0.6) is 17.4 Å². The molecule has 1 saturated heterocycles. The molecular formula is C41H49F2N3O10S. The van der Waals surface area contributed by atoms with Crippen LogP contribution < -0.4 is 18.9 Å². The molecule has 2 aromatic rings. The number of halogens is 2. The number of nitrogens with one attached hydrogen (secondary N) is 1. The summed E-state index contributed by atoms with van der Waals surface area (Å²) < 4.78 is 77.6. The van der Waals surface area contributed by atoms with Crippen LogP contribution in [-0.4, -0.2) is 78.7 Å². The number of benzene rings is 1. The lowest BCUT2D eigenvalue weighted by Gasteiger charge is -2.32. The highest BCUT2D eigenvalue weighted by molar-refractivity contribution is 7.90. The molecule has 57 heavy (non-hydrogen) atoms. The van der Waals surface area contributed by atoms with E-state index in [2.05, 4.69) is 21.4 Å². The van der Waals surface area contributed by atoms with Gasteiger partial charge >= 0.3 is 12.3 Å². The zero-order chi connectivity index (χ0) is 40.5. The molecule has 4 fully saturated rings. The SMILES string of the molecule is C[C@@H]1CC/C=C\[C@@H]2C[C@@]2(C(=O)NS(=O)(=O)C2CC2)CC(=O)[C@@H]2C[C@@H](Oc3nccc4c5c(ccc34)OC(F)(F)O5)CN2C(=O)[C@@H](CC(=O)OCC2(C)CC2)[C@H](C)C1. The monoisotopic (exact) mass is 813 g/mol. The fourth-order valence-electron chi connectivity index (χ4n) is 8.72. The van der Waals surface area contributed by atoms with Crippen molar-refractivity contribution >= 4 is 44.4 Å². The number of aromatic nitrogens is 1. The van der Waals surface area contributed by atoms with Crippen LogP contribution in [0.25, 0.3) is 10.8 Å². The maximum Gasteiger partial charge on any atom is 0.586 e. The summed E-state index contributed by atoms with van der Waals surface area (Å²) in [5.41, 5.74) is -1.37. The third-order valence-electron chi connectivity index (χ3n) is 12.8. The smallest absolute Gasteiger partial charge is 0.472 e. The zero-order valence-corrected chi connectivity index (χ0v) is 33.2. The molecule has 7 atom stereocenters. The Hall–Kier alpha value is -4.34. The molecule has 13 nitrogen and oxygen atoms in total.